The van der Waals surface area contributed by atoms with Gasteiger partial charge in [0.1, 0.15) is 5.75 Å². The van der Waals surface area contributed by atoms with Crippen molar-refractivity contribution < 1.29 is 9.15 Å². The van der Waals surface area contributed by atoms with Crippen LogP contribution in [0.25, 0.3) is 11.5 Å². The molecule has 0 spiro atoms. The van der Waals surface area contributed by atoms with E-state index in [2.05, 4.69) is 15.1 Å². The lowest BCUT2D eigenvalue weighted by Gasteiger charge is -2.26. The number of hydrogen-bond donors (Lipinski definition) is 0. The maximum Gasteiger partial charge on any atom is 0.247 e. The van der Waals surface area contributed by atoms with Crippen LogP contribution in [0.15, 0.2) is 28.7 Å². The summed E-state index contributed by atoms with van der Waals surface area (Å²) in [5.74, 6) is 3.49. The zero-order valence-corrected chi connectivity index (χ0v) is 15.0. The number of aromatic nitrogens is 2. The van der Waals surface area contributed by atoms with E-state index in [1.165, 1.54) is 38.6 Å². The van der Waals surface area contributed by atoms with Gasteiger partial charge in [0.2, 0.25) is 11.8 Å². The average Bonchev–Trinajstić information content (AvgIpc) is 3.32. The summed E-state index contributed by atoms with van der Waals surface area (Å²) < 4.78 is 11.2. The molecule has 2 aromatic rings. The molecule has 2 aliphatic rings. The molecule has 1 aromatic carbocycles. The van der Waals surface area contributed by atoms with Gasteiger partial charge in [0, 0.05) is 18.7 Å². The summed E-state index contributed by atoms with van der Waals surface area (Å²) in [6.07, 6.45) is 8.19. The Bertz CT molecular complexity index is 677. The predicted octanol–water partition coefficient (Wildman–Crippen LogP) is 4.11. The molecule has 134 valence electrons. The van der Waals surface area contributed by atoms with Gasteiger partial charge in [-0.05, 0) is 56.0 Å². The second kappa shape index (κ2) is 7.56. The van der Waals surface area contributed by atoms with E-state index in [0.29, 0.717) is 11.8 Å². The summed E-state index contributed by atoms with van der Waals surface area (Å²) in [4.78, 5) is 2.60. The van der Waals surface area contributed by atoms with Gasteiger partial charge < -0.3 is 14.1 Å². The van der Waals surface area contributed by atoms with Gasteiger partial charge in [-0.25, -0.2) is 0 Å². The quantitative estimate of drug-likeness (QED) is 0.819. The Balaban J connectivity index is 1.37. The molecule has 5 nitrogen and oxygen atoms in total. The van der Waals surface area contributed by atoms with Crippen molar-refractivity contribution in [2.75, 3.05) is 26.7 Å². The Labute approximate surface area is 149 Å². The van der Waals surface area contributed by atoms with Gasteiger partial charge in [0.25, 0.3) is 0 Å². The predicted molar refractivity (Wildman–Crippen MR) is 96.7 cm³/mol. The molecule has 1 atom stereocenters. The van der Waals surface area contributed by atoms with Crippen LogP contribution in [0.5, 0.6) is 5.75 Å². The van der Waals surface area contributed by atoms with E-state index in [-0.39, 0.29) is 0 Å². The third kappa shape index (κ3) is 3.87. The second-order valence-electron chi connectivity index (χ2n) is 7.42. The summed E-state index contributed by atoms with van der Waals surface area (Å²) in [5, 5.41) is 8.58. The minimum absolute atomic E-state index is 0.378. The maximum atomic E-state index is 5.98. The van der Waals surface area contributed by atoms with Crippen molar-refractivity contribution in [1.82, 2.24) is 15.1 Å². The minimum Gasteiger partial charge on any atom is -0.497 e. The van der Waals surface area contributed by atoms with Gasteiger partial charge in [-0.15, -0.1) is 10.2 Å². The minimum atomic E-state index is 0.378. The second-order valence-corrected chi connectivity index (χ2v) is 7.42. The highest BCUT2D eigenvalue weighted by Gasteiger charge is 2.30. The summed E-state index contributed by atoms with van der Waals surface area (Å²) >= 11 is 0. The van der Waals surface area contributed by atoms with Gasteiger partial charge in [0.15, 0.2) is 0 Å². The summed E-state index contributed by atoms with van der Waals surface area (Å²) in [6, 6.07) is 7.75. The zero-order valence-electron chi connectivity index (χ0n) is 15.0. The molecule has 0 unspecified atom stereocenters. The molecule has 5 heteroatoms. The van der Waals surface area contributed by atoms with Gasteiger partial charge in [-0.3, -0.25) is 0 Å². The molecule has 1 aromatic heterocycles. The lowest BCUT2D eigenvalue weighted by molar-refractivity contribution is 0.230. The number of rotatable bonds is 5. The standard InChI is InChI=1S/C20H27N3O2/c1-24-18-9-7-16(8-10-18)19-21-22-20(25-19)17-11-12-23(14-17)13-15-5-3-2-4-6-15/h7-10,15,17H,2-6,11-14H2,1H3/t17-/m0/s1. The third-order valence-electron chi connectivity index (χ3n) is 5.64. The fraction of sp³-hybridized carbons (Fsp3) is 0.600. The molecule has 25 heavy (non-hydrogen) atoms. The molecule has 4 rings (SSSR count). The normalized spacial score (nSPS) is 22.4. The summed E-state index contributed by atoms with van der Waals surface area (Å²) in [6.45, 7) is 3.46. The first-order chi connectivity index (χ1) is 12.3. The number of likely N-dealkylation sites (tertiary alicyclic amines) is 1. The average molecular weight is 341 g/mol. The van der Waals surface area contributed by atoms with Crippen molar-refractivity contribution in [2.45, 2.75) is 44.4 Å². The van der Waals surface area contributed by atoms with E-state index < -0.39 is 0 Å². The molecule has 0 N–H and O–H groups in total. The highest BCUT2D eigenvalue weighted by Crippen LogP contribution is 2.31. The van der Waals surface area contributed by atoms with Gasteiger partial charge in [0.05, 0.1) is 13.0 Å². The van der Waals surface area contributed by atoms with Gasteiger partial charge >= 0.3 is 0 Å². The highest BCUT2D eigenvalue weighted by atomic mass is 16.5. The van der Waals surface area contributed by atoms with E-state index in [1.807, 2.05) is 24.3 Å². The first-order valence-electron chi connectivity index (χ1n) is 9.52. The van der Waals surface area contributed by atoms with Crippen LogP contribution in [-0.4, -0.2) is 41.8 Å². The maximum absolute atomic E-state index is 5.98. The largest absolute Gasteiger partial charge is 0.497 e. The van der Waals surface area contributed by atoms with Crippen LogP contribution in [0.4, 0.5) is 0 Å². The molecule has 2 fully saturated rings. The number of benzene rings is 1. The van der Waals surface area contributed by atoms with Crippen LogP contribution in [-0.2, 0) is 0 Å². The van der Waals surface area contributed by atoms with Crippen molar-refractivity contribution in [3.05, 3.63) is 30.2 Å². The highest BCUT2D eigenvalue weighted by molar-refractivity contribution is 5.54. The third-order valence-corrected chi connectivity index (χ3v) is 5.64. The smallest absolute Gasteiger partial charge is 0.247 e. The van der Waals surface area contributed by atoms with Crippen molar-refractivity contribution in [3.8, 4) is 17.2 Å². The van der Waals surface area contributed by atoms with Crippen LogP contribution < -0.4 is 4.74 Å². The first-order valence-corrected chi connectivity index (χ1v) is 9.52. The van der Waals surface area contributed by atoms with Crippen LogP contribution in [0.1, 0.15) is 50.3 Å². The Kier molecular flexibility index (Phi) is 5.02. The van der Waals surface area contributed by atoms with Crippen LogP contribution in [0, 0.1) is 5.92 Å². The Morgan fingerprint density at radius 2 is 1.88 bits per heavy atom. The molecule has 1 saturated carbocycles. The summed E-state index contributed by atoms with van der Waals surface area (Å²) in [5.41, 5.74) is 0.941. The fourth-order valence-corrected chi connectivity index (χ4v) is 4.18. The molecular weight excluding hydrogens is 314 g/mol. The van der Waals surface area contributed by atoms with E-state index >= 15 is 0 Å². The van der Waals surface area contributed by atoms with Crippen molar-refractivity contribution >= 4 is 0 Å². The fourth-order valence-electron chi connectivity index (χ4n) is 4.18. The van der Waals surface area contributed by atoms with Gasteiger partial charge in [-0.2, -0.15) is 0 Å². The van der Waals surface area contributed by atoms with Crippen molar-refractivity contribution in [1.29, 1.82) is 0 Å². The van der Waals surface area contributed by atoms with Crippen LogP contribution >= 0.6 is 0 Å². The van der Waals surface area contributed by atoms with E-state index in [4.69, 9.17) is 9.15 Å². The van der Waals surface area contributed by atoms with Crippen molar-refractivity contribution in [2.24, 2.45) is 5.92 Å². The van der Waals surface area contributed by atoms with E-state index in [9.17, 15) is 0 Å². The lowest BCUT2D eigenvalue weighted by atomic mass is 9.89. The number of ether oxygens (including phenoxy) is 1. The molecule has 0 amide bonds. The SMILES string of the molecule is COc1ccc(-c2nnc([C@H]3CCN(CC4CCCCC4)C3)o2)cc1. The molecule has 0 bridgehead atoms. The lowest BCUT2D eigenvalue weighted by Crippen LogP contribution is -2.28. The number of methoxy groups -OCH3 is 1. The van der Waals surface area contributed by atoms with Crippen LogP contribution in [0.3, 0.4) is 0 Å². The Morgan fingerprint density at radius 1 is 1.08 bits per heavy atom. The molecule has 2 heterocycles. The zero-order chi connectivity index (χ0) is 17.1. The topological polar surface area (TPSA) is 51.4 Å². The van der Waals surface area contributed by atoms with Crippen LogP contribution in [0.2, 0.25) is 0 Å². The molecule has 1 saturated heterocycles. The molecule has 1 aliphatic heterocycles. The molecule has 1 aliphatic carbocycles. The molecule has 0 radical (unpaired) electrons. The summed E-state index contributed by atoms with van der Waals surface area (Å²) in [7, 11) is 1.67. The molecular formula is C20H27N3O2. The Morgan fingerprint density at radius 3 is 2.64 bits per heavy atom. The monoisotopic (exact) mass is 341 g/mol. The first kappa shape index (κ1) is 16.6. The van der Waals surface area contributed by atoms with E-state index in [1.54, 1.807) is 7.11 Å². The van der Waals surface area contributed by atoms with Crippen molar-refractivity contribution in [3.63, 3.8) is 0 Å². The number of hydrogen-bond acceptors (Lipinski definition) is 5. The van der Waals surface area contributed by atoms with E-state index in [0.717, 1.165) is 42.6 Å². The Hall–Kier alpha value is -1.88. The van der Waals surface area contributed by atoms with Gasteiger partial charge in [-0.1, -0.05) is 19.3 Å². The number of nitrogens with zero attached hydrogens (tertiary/aromatic N) is 3.